The van der Waals surface area contributed by atoms with E-state index in [-0.39, 0.29) is 17.7 Å². The van der Waals surface area contributed by atoms with Crippen LogP contribution in [0, 0.1) is 5.92 Å². The Morgan fingerprint density at radius 3 is 2.89 bits per heavy atom. The monoisotopic (exact) mass is 245 g/mol. The van der Waals surface area contributed by atoms with Gasteiger partial charge in [0.1, 0.15) is 0 Å². The van der Waals surface area contributed by atoms with Gasteiger partial charge in [-0.2, -0.15) is 0 Å². The number of carbonyl (C=O) groups is 2. The van der Waals surface area contributed by atoms with Gasteiger partial charge in [-0.3, -0.25) is 14.5 Å². The maximum absolute atomic E-state index is 12.1. The largest absolute Gasteiger partial charge is 0.283 e. The first-order valence-electron chi connectivity index (χ1n) is 6.54. The third-order valence-electron chi connectivity index (χ3n) is 3.51. The fourth-order valence-corrected chi connectivity index (χ4v) is 2.46. The van der Waals surface area contributed by atoms with Gasteiger partial charge in [-0.15, -0.1) is 6.58 Å². The molecule has 2 aliphatic rings. The Morgan fingerprint density at radius 1 is 1.50 bits per heavy atom. The van der Waals surface area contributed by atoms with Crippen LogP contribution in [0.25, 0.3) is 0 Å². The lowest BCUT2D eigenvalue weighted by atomic mass is 9.91. The van der Waals surface area contributed by atoms with Crippen molar-refractivity contribution in [3.8, 4) is 0 Å². The third-order valence-corrected chi connectivity index (χ3v) is 3.51. The van der Waals surface area contributed by atoms with E-state index in [1.165, 1.54) is 4.90 Å². The number of imide groups is 1. The number of carbonyl (C=O) groups excluding carboxylic acids is 2. The minimum atomic E-state index is -0.0673. The molecule has 0 bridgehead atoms. The molecule has 2 rings (SSSR count). The van der Waals surface area contributed by atoms with Crippen molar-refractivity contribution in [2.24, 2.45) is 5.92 Å². The molecule has 1 unspecified atom stereocenters. The first-order valence-corrected chi connectivity index (χ1v) is 6.54. The highest BCUT2D eigenvalue weighted by Gasteiger charge is 2.28. The molecule has 1 aliphatic carbocycles. The van der Waals surface area contributed by atoms with Crippen molar-refractivity contribution in [2.75, 3.05) is 6.54 Å². The number of nitrogens with zero attached hydrogens (tertiary/aromatic N) is 1. The zero-order valence-electron chi connectivity index (χ0n) is 10.6. The standard InChI is InChI=1S/C15H19NO2/c1-2-12(13-7-4-3-5-8-13)11-15(18)16-10-6-9-14(16)17/h2,4,7-8,12H,1,3,5-6,9-11H2. The molecule has 0 aromatic heterocycles. The molecule has 18 heavy (non-hydrogen) atoms. The smallest absolute Gasteiger partial charge is 0.230 e. The van der Waals surface area contributed by atoms with Gasteiger partial charge in [0, 0.05) is 25.3 Å². The molecule has 1 heterocycles. The molecule has 1 aliphatic heterocycles. The summed E-state index contributed by atoms with van der Waals surface area (Å²) in [6.45, 7) is 4.38. The average Bonchev–Trinajstić information content (AvgIpc) is 2.83. The van der Waals surface area contributed by atoms with E-state index in [1.54, 1.807) is 6.08 Å². The van der Waals surface area contributed by atoms with E-state index in [0.29, 0.717) is 19.4 Å². The molecule has 96 valence electrons. The SMILES string of the molecule is C=CC(CC(=O)N1CCCC1=O)C1=CCCC=C1. The topological polar surface area (TPSA) is 37.4 Å². The van der Waals surface area contributed by atoms with Gasteiger partial charge in [-0.1, -0.05) is 24.3 Å². The van der Waals surface area contributed by atoms with E-state index >= 15 is 0 Å². The number of hydrogen-bond donors (Lipinski definition) is 0. The second kappa shape index (κ2) is 5.80. The van der Waals surface area contributed by atoms with E-state index in [0.717, 1.165) is 24.8 Å². The number of rotatable bonds is 4. The van der Waals surface area contributed by atoms with Crippen LogP contribution >= 0.6 is 0 Å². The summed E-state index contributed by atoms with van der Waals surface area (Å²) in [5, 5.41) is 0. The molecule has 2 amide bonds. The second-order valence-corrected chi connectivity index (χ2v) is 4.77. The quantitative estimate of drug-likeness (QED) is 0.714. The highest BCUT2D eigenvalue weighted by Crippen LogP contribution is 2.24. The molecular formula is C15H19NO2. The fourth-order valence-electron chi connectivity index (χ4n) is 2.46. The molecule has 0 N–H and O–H groups in total. The van der Waals surface area contributed by atoms with Crippen LogP contribution in [0.15, 0.2) is 36.5 Å². The van der Waals surface area contributed by atoms with Crippen LogP contribution in [-0.4, -0.2) is 23.3 Å². The van der Waals surface area contributed by atoms with Crippen molar-refractivity contribution in [3.63, 3.8) is 0 Å². The fraction of sp³-hybridized carbons (Fsp3) is 0.467. The van der Waals surface area contributed by atoms with Gasteiger partial charge in [-0.05, 0) is 24.8 Å². The maximum atomic E-state index is 12.1. The zero-order chi connectivity index (χ0) is 13.0. The van der Waals surface area contributed by atoms with E-state index in [4.69, 9.17) is 0 Å². The van der Waals surface area contributed by atoms with Crippen molar-refractivity contribution in [1.82, 2.24) is 4.90 Å². The Kier molecular flexibility index (Phi) is 4.13. The van der Waals surface area contributed by atoms with Gasteiger partial charge < -0.3 is 0 Å². The maximum Gasteiger partial charge on any atom is 0.230 e. The number of amides is 2. The van der Waals surface area contributed by atoms with Crippen molar-refractivity contribution in [2.45, 2.75) is 32.1 Å². The summed E-state index contributed by atoms with van der Waals surface area (Å²) in [6, 6.07) is 0. The van der Waals surface area contributed by atoms with Crippen LogP contribution in [0.3, 0.4) is 0 Å². The normalized spacial score (nSPS) is 20.8. The molecule has 1 saturated heterocycles. The first-order chi connectivity index (χ1) is 8.72. The summed E-state index contributed by atoms with van der Waals surface area (Å²) in [4.78, 5) is 25.0. The molecule has 0 aromatic rings. The van der Waals surface area contributed by atoms with Gasteiger partial charge in [0.05, 0.1) is 0 Å². The van der Waals surface area contributed by atoms with Crippen molar-refractivity contribution in [1.29, 1.82) is 0 Å². The summed E-state index contributed by atoms with van der Waals surface area (Å²) < 4.78 is 0. The van der Waals surface area contributed by atoms with Crippen molar-refractivity contribution in [3.05, 3.63) is 36.5 Å². The predicted molar refractivity (Wildman–Crippen MR) is 70.7 cm³/mol. The summed E-state index contributed by atoms with van der Waals surface area (Å²) in [7, 11) is 0. The van der Waals surface area contributed by atoms with Gasteiger partial charge in [-0.25, -0.2) is 0 Å². The Morgan fingerprint density at radius 2 is 2.33 bits per heavy atom. The van der Waals surface area contributed by atoms with Crippen LogP contribution in [-0.2, 0) is 9.59 Å². The molecule has 0 spiro atoms. The Bertz CT molecular complexity index is 420. The van der Waals surface area contributed by atoms with Crippen LogP contribution in [0.5, 0.6) is 0 Å². The van der Waals surface area contributed by atoms with Crippen LogP contribution in [0.2, 0.25) is 0 Å². The first kappa shape index (κ1) is 12.8. The highest BCUT2D eigenvalue weighted by molar-refractivity contribution is 5.96. The number of likely N-dealkylation sites (tertiary alicyclic amines) is 1. The predicted octanol–water partition coefficient (Wildman–Crippen LogP) is 2.60. The lowest BCUT2D eigenvalue weighted by molar-refractivity contribution is -0.142. The molecular weight excluding hydrogens is 226 g/mol. The molecule has 3 heteroatoms. The third kappa shape index (κ3) is 2.78. The molecule has 1 fully saturated rings. The van der Waals surface area contributed by atoms with Gasteiger partial charge in [0.2, 0.25) is 11.8 Å². The van der Waals surface area contributed by atoms with Crippen LogP contribution in [0.1, 0.15) is 32.1 Å². The van der Waals surface area contributed by atoms with E-state index < -0.39 is 0 Å². The highest BCUT2D eigenvalue weighted by atomic mass is 16.2. The van der Waals surface area contributed by atoms with E-state index in [9.17, 15) is 9.59 Å². The van der Waals surface area contributed by atoms with E-state index in [1.807, 2.05) is 0 Å². The van der Waals surface area contributed by atoms with Gasteiger partial charge in [0.25, 0.3) is 0 Å². The van der Waals surface area contributed by atoms with Crippen LogP contribution < -0.4 is 0 Å². The minimum absolute atomic E-state index is 0.0300. The molecule has 3 nitrogen and oxygen atoms in total. The summed E-state index contributed by atoms with van der Waals surface area (Å²) >= 11 is 0. The molecule has 1 atom stereocenters. The summed E-state index contributed by atoms with van der Waals surface area (Å²) in [5.41, 5.74) is 1.15. The molecule has 0 radical (unpaired) electrons. The summed E-state index contributed by atoms with van der Waals surface area (Å²) in [5.74, 6) is -0.0688. The second-order valence-electron chi connectivity index (χ2n) is 4.77. The van der Waals surface area contributed by atoms with Crippen molar-refractivity contribution >= 4 is 11.8 Å². The van der Waals surface area contributed by atoms with E-state index in [2.05, 4.69) is 24.8 Å². The molecule has 0 saturated carbocycles. The van der Waals surface area contributed by atoms with Gasteiger partial charge >= 0.3 is 0 Å². The number of hydrogen-bond acceptors (Lipinski definition) is 2. The minimum Gasteiger partial charge on any atom is -0.283 e. The molecule has 0 aromatic carbocycles. The van der Waals surface area contributed by atoms with Crippen molar-refractivity contribution < 1.29 is 9.59 Å². The Hall–Kier alpha value is -1.64. The Balaban J connectivity index is 2.00. The van der Waals surface area contributed by atoms with Gasteiger partial charge in [0.15, 0.2) is 0 Å². The summed E-state index contributed by atoms with van der Waals surface area (Å²) in [6.07, 6.45) is 11.9. The lowest BCUT2D eigenvalue weighted by Gasteiger charge is -2.19. The number of allylic oxidation sites excluding steroid dienone is 5. The Labute approximate surface area is 108 Å². The zero-order valence-corrected chi connectivity index (χ0v) is 10.6. The lowest BCUT2D eigenvalue weighted by Crippen LogP contribution is -2.33. The van der Waals surface area contributed by atoms with Crippen LogP contribution in [0.4, 0.5) is 0 Å². The average molecular weight is 245 g/mol.